The third-order valence-electron chi connectivity index (χ3n) is 2.64. The van der Waals surface area contributed by atoms with Crippen molar-refractivity contribution in [2.45, 2.75) is 12.3 Å². The van der Waals surface area contributed by atoms with Gasteiger partial charge < -0.3 is 5.73 Å². The predicted octanol–water partition coefficient (Wildman–Crippen LogP) is 0.622. The third-order valence-corrected chi connectivity index (χ3v) is 3.92. The van der Waals surface area contributed by atoms with E-state index >= 15 is 0 Å². The highest BCUT2D eigenvalue weighted by Crippen LogP contribution is 2.13. The van der Waals surface area contributed by atoms with Crippen LogP contribution in [0.4, 0.5) is 5.69 Å². The number of aromatic nitrogens is 2. The second-order valence-corrected chi connectivity index (χ2v) is 6.07. The molecule has 0 unspecified atom stereocenters. The van der Waals surface area contributed by atoms with Crippen molar-refractivity contribution in [3.8, 4) is 0 Å². The number of hydrogen-bond acceptors (Lipinski definition) is 4. The highest BCUT2D eigenvalue weighted by Gasteiger charge is 2.13. The Morgan fingerprint density at radius 1 is 1.32 bits per heavy atom. The molecule has 0 fully saturated rings. The minimum atomic E-state index is -3.43. The maximum Gasteiger partial charge on any atom is 0.216 e. The lowest BCUT2D eigenvalue weighted by Crippen LogP contribution is -2.25. The van der Waals surface area contributed by atoms with Crippen LogP contribution in [0.2, 0.25) is 0 Å². The summed E-state index contributed by atoms with van der Waals surface area (Å²) in [6.07, 6.45) is 1.76. The Balaban J connectivity index is 2.01. The zero-order valence-electron chi connectivity index (χ0n) is 10.6. The zero-order chi connectivity index (χ0) is 13.9. The van der Waals surface area contributed by atoms with Gasteiger partial charge in [0.1, 0.15) is 0 Å². The van der Waals surface area contributed by atoms with E-state index in [1.807, 2.05) is 0 Å². The average molecular weight is 280 g/mol. The van der Waals surface area contributed by atoms with Crippen molar-refractivity contribution in [2.24, 2.45) is 7.05 Å². The number of sulfonamides is 1. The van der Waals surface area contributed by atoms with Gasteiger partial charge in [-0.1, -0.05) is 18.2 Å². The van der Waals surface area contributed by atoms with Gasteiger partial charge in [0.2, 0.25) is 10.0 Å². The highest BCUT2D eigenvalue weighted by molar-refractivity contribution is 7.88. The van der Waals surface area contributed by atoms with Gasteiger partial charge in [0, 0.05) is 18.9 Å². The first kappa shape index (κ1) is 13.6. The summed E-state index contributed by atoms with van der Waals surface area (Å²) in [6, 6.07) is 8.69. The smallest absolute Gasteiger partial charge is 0.216 e. The lowest BCUT2D eigenvalue weighted by atomic mass is 10.2. The summed E-state index contributed by atoms with van der Waals surface area (Å²) in [5, 5.41) is 4.10. The van der Waals surface area contributed by atoms with Crippen molar-refractivity contribution < 1.29 is 8.42 Å². The first-order valence-electron chi connectivity index (χ1n) is 5.75. The summed E-state index contributed by atoms with van der Waals surface area (Å²) >= 11 is 0. The summed E-state index contributed by atoms with van der Waals surface area (Å²) in [4.78, 5) is 0. The number of para-hydroxylation sites is 1. The molecule has 0 saturated carbocycles. The maximum absolute atomic E-state index is 11.9. The van der Waals surface area contributed by atoms with Gasteiger partial charge in [-0.2, -0.15) is 5.10 Å². The molecule has 6 nitrogen and oxygen atoms in total. The maximum atomic E-state index is 11.9. The highest BCUT2D eigenvalue weighted by atomic mass is 32.2. The van der Waals surface area contributed by atoms with Crippen LogP contribution in [-0.4, -0.2) is 18.2 Å². The van der Waals surface area contributed by atoms with Crippen LogP contribution < -0.4 is 10.5 Å². The van der Waals surface area contributed by atoms with Crippen molar-refractivity contribution in [1.29, 1.82) is 0 Å². The third kappa shape index (κ3) is 3.80. The van der Waals surface area contributed by atoms with Gasteiger partial charge in [-0.25, -0.2) is 13.1 Å². The number of rotatable bonds is 5. The van der Waals surface area contributed by atoms with Crippen LogP contribution in [0, 0.1) is 0 Å². The standard InChI is InChI=1S/C12H16N4O2S/c1-16-7-6-11(15-16)8-14-19(17,18)9-10-4-2-3-5-12(10)13/h2-7,14H,8-9,13H2,1H3. The van der Waals surface area contributed by atoms with Crippen molar-refractivity contribution in [1.82, 2.24) is 14.5 Å². The fourth-order valence-electron chi connectivity index (χ4n) is 1.66. The van der Waals surface area contributed by atoms with Crippen molar-refractivity contribution in [3.05, 3.63) is 47.8 Å². The average Bonchev–Trinajstić information content (AvgIpc) is 2.76. The number of hydrogen-bond donors (Lipinski definition) is 2. The second-order valence-electron chi connectivity index (χ2n) is 4.26. The minimum Gasteiger partial charge on any atom is -0.398 e. The lowest BCUT2D eigenvalue weighted by molar-refractivity contribution is 0.578. The number of benzene rings is 1. The SMILES string of the molecule is Cn1ccc(CNS(=O)(=O)Cc2ccccc2N)n1. The van der Waals surface area contributed by atoms with Crippen LogP contribution in [0.5, 0.6) is 0 Å². The van der Waals surface area contributed by atoms with Gasteiger partial charge in [0.15, 0.2) is 0 Å². The van der Waals surface area contributed by atoms with Crippen LogP contribution in [0.15, 0.2) is 36.5 Å². The number of nitrogens with two attached hydrogens (primary N) is 1. The molecule has 1 aromatic carbocycles. The lowest BCUT2D eigenvalue weighted by Gasteiger charge is -2.07. The fourth-order valence-corrected chi connectivity index (χ4v) is 2.80. The van der Waals surface area contributed by atoms with Gasteiger partial charge in [-0.05, 0) is 17.7 Å². The Kier molecular flexibility index (Phi) is 3.87. The van der Waals surface area contributed by atoms with E-state index in [-0.39, 0.29) is 12.3 Å². The largest absolute Gasteiger partial charge is 0.398 e. The van der Waals surface area contributed by atoms with Gasteiger partial charge in [0.25, 0.3) is 0 Å². The Bertz CT molecular complexity index is 664. The number of nitrogen functional groups attached to an aromatic ring is 1. The molecule has 0 radical (unpaired) electrons. The fraction of sp³-hybridized carbons (Fsp3) is 0.250. The Labute approximate surface area is 112 Å². The monoisotopic (exact) mass is 280 g/mol. The number of nitrogens with one attached hydrogen (secondary N) is 1. The van der Waals surface area contributed by atoms with E-state index in [1.54, 1.807) is 48.3 Å². The van der Waals surface area contributed by atoms with Gasteiger partial charge >= 0.3 is 0 Å². The molecule has 0 aliphatic rings. The van der Waals surface area contributed by atoms with Crippen molar-refractivity contribution in [2.75, 3.05) is 5.73 Å². The van der Waals surface area contributed by atoms with Crippen molar-refractivity contribution in [3.63, 3.8) is 0 Å². The predicted molar refractivity (Wildman–Crippen MR) is 73.5 cm³/mol. The van der Waals surface area contributed by atoms with Gasteiger partial charge in [0.05, 0.1) is 18.0 Å². The molecule has 0 aliphatic carbocycles. The van der Waals surface area contributed by atoms with E-state index in [2.05, 4.69) is 9.82 Å². The van der Waals surface area contributed by atoms with E-state index in [9.17, 15) is 8.42 Å². The molecule has 1 aromatic heterocycles. The first-order valence-corrected chi connectivity index (χ1v) is 7.41. The van der Waals surface area contributed by atoms with E-state index in [0.717, 1.165) is 0 Å². The molecule has 0 saturated heterocycles. The molecule has 0 amide bonds. The molecule has 102 valence electrons. The minimum absolute atomic E-state index is 0.132. The van der Waals surface area contributed by atoms with E-state index in [1.165, 1.54) is 0 Å². The summed E-state index contributed by atoms with van der Waals surface area (Å²) in [7, 11) is -1.64. The summed E-state index contributed by atoms with van der Waals surface area (Å²) in [5.74, 6) is -0.132. The van der Waals surface area contributed by atoms with Crippen LogP contribution in [0.1, 0.15) is 11.3 Å². The van der Waals surface area contributed by atoms with Crippen LogP contribution in [0.25, 0.3) is 0 Å². The molecule has 2 aromatic rings. The molecule has 1 heterocycles. The normalized spacial score (nSPS) is 11.6. The van der Waals surface area contributed by atoms with Gasteiger partial charge in [-0.15, -0.1) is 0 Å². The summed E-state index contributed by atoms with van der Waals surface area (Å²) < 4.78 is 28.0. The molecular weight excluding hydrogens is 264 g/mol. The van der Waals surface area contributed by atoms with E-state index in [0.29, 0.717) is 16.9 Å². The Hall–Kier alpha value is -1.86. The van der Waals surface area contributed by atoms with E-state index in [4.69, 9.17) is 5.73 Å². The second kappa shape index (κ2) is 5.41. The molecule has 3 N–H and O–H groups in total. The number of anilines is 1. The molecule has 2 rings (SSSR count). The molecule has 0 bridgehead atoms. The summed E-state index contributed by atoms with van der Waals surface area (Å²) in [5.41, 5.74) is 7.47. The zero-order valence-corrected chi connectivity index (χ0v) is 11.4. The topological polar surface area (TPSA) is 90.0 Å². The Morgan fingerprint density at radius 2 is 2.05 bits per heavy atom. The molecular formula is C12H16N4O2S. The van der Waals surface area contributed by atoms with Crippen LogP contribution in [0.3, 0.4) is 0 Å². The molecule has 19 heavy (non-hydrogen) atoms. The van der Waals surface area contributed by atoms with Crippen molar-refractivity contribution >= 4 is 15.7 Å². The summed E-state index contributed by atoms with van der Waals surface area (Å²) in [6.45, 7) is 0.176. The molecule has 7 heteroatoms. The number of nitrogens with zero attached hydrogens (tertiary/aromatic N) is 2. The Morgan fingerprint density at radius 3 is 2.68 bits per heavy atom. The molecule has 0 spiro atoms. The first-order chi connectivity index (χ1) is 8.96. The number of aryl methyl sites for hydroxylation is 1. The molecule has 0 atom stereocenters. The molecule has 0 aliphatic heterocycles. The van der Waals surface area contributed by atoms with Crippen LogP contribution >= 0.6 is 0 Å². The van der Waals surface area contributed by atoms with E-state index < -0.39 is 10.0 Å². The van der Waals surface area contributed by atoms with Gasteiger partial charge in [-0.3, -0.25) is 4.68 Å². The van der Waals surface area contributed by atoms with Crippen LogP contribution in [-0.2, 0) is 29.4 Å². The quantitative estimate of drug-likeness (QED) is 0.786.